The summed E-state index contributed by atoms with van der Waals surface area (Å²) in [5, 5.41) is 2.85. The third-order valence-corrected chi connectivity index (χ3v) is 3.98. The van der Waals surface area contributed by atoms with Gasteiger partial charge in [-0.3, -0.25) is 9.59 Å². The van der Waals surface area contributed by atoms with Crippen molar-refractivity contribution in [1.82, 2.24) is 10.2 Å². The number of halogens is 1. The second-order valence-electron chi connectivity index (χ2n) is 5.10. The number of rotatable bonds is 2. The van der Waals surface area contributed by atoms with Crippen LogP contribution in [0.1, 0.15) is 29.3 Å². The molecule has 1 aromatic carbocycles. The highest BCUT2D eigenvalue weighted by atomic mass is 79.9. The van der Waals surface area contributed by atoms with Crippen LogP contribution >= 0.6 is 15.9 Å². The van der Waals surface area contributed by atoms with Crippen molar-refractivity contribution in [2.24, 2.45) is 0 Å². The van der Waals surface area contributed by atoms with Crippen molar-refractivity contribution < 1.29 is 9.59 Å². The van der Waals surface area contributed by atoms with Crippen molar-refractivity contribution in [3.63, 3.8) is 0 Å². The van der Waals surface area contributed by atoms with E-state index in [1.54, 1.807) is 17.0 Å². The molecule has 2 rings (SSSR count). The van der Waals surface area contributed by atoms with Crippen LogP contribution in [0, 0.1) is 6.92 Å². The van der Waals surface area contributed by atoms with Crippen LogP contribution in [0.5, 0.6) is 0 Å². The van der Waals surface area contributed by atoms with Gasteiger partial charge in [-0.25, -0.2) is 0 Å². The lowest BCUT2D eigenvalue weighted by molar-refractivity contribution is -0.119. The number of nitrogens with two attached hydrogens (primary N) is 1. The molecular formula is C14H18BrN3O2. The number of amides is 2. The van der Waals surface area contributed by atoms with Crippen molar-refractivity contribution in [2.75, 3.05) is 18.8 Å². The number of carbonyl (C=O) groups is 2. The predicted molar refractivity (Wildman–Crippen MR) is 81.4 cm³/mol. The summed E-state index contributed by atoms with van der Waals surface area (Å²) in [7, 11) is 0. The van der Waals surface area contributed by atoms with E-state index in [4.69, 9.17) is 5.73 Å². The van der Waals surface area contributed by atoms with Gasteiger partial charge < -0.3 is 16.0 Å². The molecule has 2 amide bonds. The van der Waals surface area contributed by atoms with Crippen LogP contribution in [0.3, 0.4) is 0 Å². The molecule has 108 valence electrons. The number of likely N-dealkylation sites (tertiary alicyclic amines) is 1. The molecule has 0 radical (unpaired) electrons. The average molecular weight is 340 g/mol. The van der Waals surface area contributed by atoms with Crippen molar-refractivity contribution in [2.45, 2.75) is 26.3 Å². The smallest absolute Gasteiger partial charge is 0.254 e. The van der Waals surface area contributed by atoms with Crippen LogP contribution in [0.25, 0.3) is 0 Å². The second-order valence-corrected chi connectivity index (χ2v) is 6.02. The molecule has 0 aromatic heterocycles. The third kappa shape index (κ3) is 3.12. The summed E-state index contributed by atoms with van der Waals surface area (Å²) in [5.74, 6) is -0.101. The van der Waals surface area contributed by atoms with E-state index in [-0.39, 0.29) is 17.9 Å². The number of benzene rings is 1. The Kier molecular flexibility index (Phi) is 4.32. The van der Waals surface area contributed by atoms with Gasteiger partial charge in [0.2, 0.25) is 5.91 Å². The minimum absolute atomic E-state index is 0.0386. The lowest BCUT2D eigenvalue weighted by Crippen LogP contribution is -2.37. The molecular weight excluding hydrogens is 322 g/mol. The fourth-order valence-corrected chi connectivity index (χ4v) is 2.92. The summed E-state index contributed by atoms with van der Waals surface area (Å²) in [4.78, 5) is 25.4. The van der Waals surface area contributed by atoms with E-state index in [1.807, 2.05) is 6.92 Å². The van der Waals surface area contributed by atoms with Gasteiger partial charge in [0.1, 0.15) is 0 Å². The molecule has 1 atom stereocenters. The van der Waals surface area contributed by atoms with Gasteiger partial charge in [0, 0.05) is 41.8 Å². The van der Waals surface area contributed by atoms with E-state index in [0.717, 1.165) is 16.5 Å². The molecule has 0 bridgehead atoms. The van der Waals surface area contributed by atoms with Crippen molar-refractivity contribution in [1.29, 1.82) is 0 Å². The zero-order chi connectivity index (χ0) is 14.9. The third-order valence-electron chi connectivity index (χ3n) is 3.53. The Bertz CT molecular complexity index is 560. The molecule has 0 spiro atoms. The lowest BCUT2D eigenvalue weighted by Gasteiger charge is -2.19. The monoisotopic (exact) mass is 339 g/mol. The maximum Gasteiger partial charge on any atom is 0.254 e. The summed E-state index contributed by atoms with van der Waals surface area (Å²) < 4.78 is 0.793. The first-order valence-corrected chi connectivity index (χ1v) is 7.29. The molecule has 1 saturated heterocycles. The topological polar surface area (TPSA) is 75.4 Å². The normalized spacial score (nSPS) is 18.1. The van der Waals surface area contributed by atoms with Gasteiger partial charge in [-0.05, 0) is 31.0 Å². The highest BCUT2D eigenvalue weighted by Crippen LogP contribution is 2.25. The number of hydrogen-bond acceptors (Lipinski definition) is 3. The molecule has 1 aliphatic rings. The Morgan fingerprint density at radius 3 is 2.80 bits per heavy atom. The number of carbonyl (C=O) groups excluding carboxylic acids is 2. The highest BCUT2D eigenvalue weighted by molar-refractivity contribution is 9.10. The van der Waals surface area contributed by atoms with Crippen LogP contribution in [-0.2, 0) is 4.79 Å². The van der Waals surface area contributed by atoms with Gasteiger partial charge in [-0.2, -0.15) is 0 Å². The van der Waals surface area contributed by atoms with Gasteiger partial charge in [-0.15, -0.1) is 0 Å². The first kappa shape index (κ1) is 14.8. The summed E-state index contributed by atoms with van der Waals surface area (Å²) in [6.45, 7) is 4.53. The Labute approximate surface area is 126 Å². The van der Waals surface area contributed by atoms with Crippen LogP contribution in [-0.4, -0.2) is 35.8 Å². The van der Waals surface area contributed by atoms with Crippen LogP contribution in [0.15, 0.2) is 16.6 Å². The summed E-state index contributed by atoms with van der Waals surface area (Å²) in [6, 6.07) is 3.62. The van der Waals surface area contributed by atoms with E-state index < -0.39 is 0 Å². The number of nitrogen functional groups attached to an aromatic ring is 1. The van der Waals surface area contributed by atoms with Crippen LogP contribution in [0.4, 0.5) is 5.69 Å². The number of anilines is 1. The number of nitrogens with zero attached hydrogens (tertiary/aromatic N) is 1. The fraction of sp³-hybridized carbons (Fsp3) is 0.429. The van der Waals surface area contributed by atoms with Gasteiger partial charge in [0.15, 0.2) is 0 Å². The van der Waals surface area contributed by atoms with Crippen LogP contribution in [0.2, 0.25) is 0 Å². The van der Waals surface area contributed by atoms with E-state index >= 15 is 0 Å². The highest BCUT2D eigenvalue weighted by Gasteiger charge is 2.28. The first-order chi connectivity index (χ1) is 9.38. The SMILES string of the molecule is CC(=O)NC1CCN(C(=O)c2cc(Br)cc(N)c2C)C1. The largest absolute Gasteiger partial charge is 0.398 e. The van der Waals surface area contributed by atoms with Crippen molar-refractivity contribution in [3.05, 3.63) is 27.7 Å². The molecule has 6 heteroatoms. The fourth-order valence-electron chi connectivity index (χ4n) is 2.44. The molecule has 1 aromatic rings. The average Bonchev–Trinajstić information content (AvgIpc) is 2.80. The van der Waals surface area contributed by atoms with E-state index in [1.165, 1.54) is 6.92 Å². The first-order valence-electron chi connectivity index (χ1n) is 6.50. The second kappa shape index (κ2) is 5.83. The summed E-state index contributed by atoms with van der Waals surface area (Å²) >= 11 is 3.36. The van der Waals surface area contributed by atoms with E-state index in [9.17, 15) is 9.59 Å². The van der Waals surface area contributed by atoms with Gasteiger partial charge in [-0.1, -0.05) is 15.9 Å². The molecule has 3 N–H and O–H groups in total. The molecule has 1 aliphatic heterocycles. The molecule has 5 nitrogen and oxygen atoms in total. The summed E-state index contributed by atoms with van der Waals surface area (Å²) in [5.41, 5.74) is 7.90. The quantitative estimate of drug-likeness (QED) is 0.805. The minimum atomic E-state index is -0.0628. The standard InChI is InChI=1S/C14H18BrN3O2/c1-8-12(5-10(15)6-13(8)16)14(20)18-4-3-11(7-18)17-9(2)19/h5-6,11H,3-4,7,16H2,1-2H3,(H,17,19). The van der Waals surface area contributed by atoms with Gasteiger partial charge in [0.25, 0.3) is 5.91 Å². The zero-order valence-corrected chi connectivity index (χ0v) is 13.2. The molecule has 1 heterocycles. The van der Waals surface area contributed by atoms with Crippen LogP contribution < -0.4 is 11.1 Å². The Balaban J connectivity index is 2.15. The molecule has 1 unspecified atom stereocenters. The van der Waals surface area contributed by atoms with Gasteiger partial charge >= 0.3 is 0 Å². The maximum absolute atomic E-state index is 12.5. The maximum atomic E-state index is 12.5. The Hall–Kier alpha value is -1.56. The van der Waals surface area contributed by atoms with E-state index in [2.05, 4.69) is 21.2 Å². The summed E-state index contributed by atoms with van der Waals surface area (Å²) in [6.07, 6.45) is 0.786. The molecule has 0 saturated carbocycles. The van der Waals surface area contributed by atoms with Crippen molar-refractivity contribution >= 4 is 33.4 Å². The Morgan fingerprint density at radius 1 is 1.45 bits per heavy atom. The van der Waals surface area contributed by atoms with Crippen molar-refractivity contribution in [3.8, 4) is 0 Å². The molecule has 1 fully saturated rings. The minimum Gasteiger partial charge on any atom is -0.398 e. The molecule has 20 heavy (non-hydrogen) atoms. The number of nitrogens with one attached hydrogen (secondary N) is 1. The molecule has 0 aliphatic carbocycles. The lowest BCUT2D eigenvalue weighted by atomic mass is 10.1. The van der Waals surface area contributed by atoms with Gasteiger partial charge in [0.05, 0.1) is 0 Å². The zero-order valence-electron chi connectivity index (χ0n) is 11.6. The van der Waals surface area contributed by atoms with E-state index in [0.29, 0.717) is 24.3 Å². The predicted octanol–water partition coefficient (Wildman–Crippen LogP) is 1.69. The number of hydrogen-bond donors (Lipinski definition) is 2. The Morgan fingerprint density at radius 2 is 2.15 bits per heavy atom.